The fourth-order valence-electron chi connectivity index (χ4n) is 3.07. The van der Waals surface area contributed by atoms with Crippen molar-refractivity contribution in [1.29, 1.82) is 0 Å². The van der Waals surface area contributed by atoms with Crippen LogP contribution in [0.4, 0.5) is 0 Å². The first kappa shape index (κ1) is 22.2. The van der Waals surface area contributed by atoms with E-state index in [2.05, 4.69) is 25.7 Å². The number of methoxy groups -OCH3 is 1. The Bertz CT molecular complexity index is 1240. The van der Waals surface area contributed by atoms with Crippen LogP contribution in [0.3, 0.4) is 0 Å². The first-order valence-corrected chi connectivity index (χ1v) is 11.2. The van der Waals surface area contributed by atoms with Gasteiger partial charge in [-0.3, -0.25) is 14.3 Å². The van der Waals surface area contributed by atoms with Gasteiger partial charge in [-0.05, 0) is 43.3 Å². The Morgan fingerprint density at radius 3 is 2.45 bits per heavy atom. The van der Waals surface area contributed by atoms with Crippen LogP contribution in [-0.2, 0) is 4.79 Å². The van der Waals surface area contributed by atoms with Crippen LogP contribution in [0.5, 0.6) is 5.75 Å². The van der Waals surface area contributed by atoms with Crippen molar-refractivity contribution in [3.05, 3.63) is 84.7 Å². The molecule has 0 saturated carbocycles. The number of ether oxygens (including phenoxy) is 1. The van der Waals surface area contributed by atoms with Crippen molar-refractivity contribution in [1.82, 2.24) is 25.2 Å². The third-order valence-electron chi connectivity index (χ3n) is 4.77. The molecule has 4 aromatic rings. The van der Waals surface area contributed by atoms with Gasteiger partial charge >= 0.3 is 0 Å². The maximum Gasteiger partial charge on any atom is 0.250 e. The Morgan fingerprint density at radius 1 is 1.03 bits per heavy atom. The number of hydrogen-bond acceptors (Lipinski definition) is 7. The Hall–Kier alpha value is -3.98. The van der Waals surface area contributed by atoms with E-state index in [9.17, 15) is 4.79 Å². The predicted octanol–water partition coefficient (Wildman–Crippen LogP) is 3.97. The molecule has 2 heterocycles. The van der Waals surface area contributed by atoms with E-state index in [0.717, 1.165) is 22.6 Å². The van der Waals surface area contributed by atoms with Gasteiger partial charge in [-0.15, -0.1) is 10.2 Å². The molecule has 33 heavy (non-hydrogen) atoms. The quantitative estimate of drug-likeness (QED) is 0.244. The van der Waals surface area contributed by atoms with Crippen LogP contribution in [0.15, 0.2) is 89.4 Å². The van der Waals surface area contributed by atoms with Crippen molar-refractivity contribution in [2.45, 2.75) is 12.1 Å². The number of hydrazone groups is 1. The van der Waals surface area contributed by atoms with Gasteiger partial charge in [-0.1, -0.05) is 42.1 Å². The summed E-state index contributed by atoms with van der Waals surface area (Å²) in [6, 6.07) is 21.1. The lowest BCUT2D eigenvalue weighted by molar-refractivity contribution is -0.118. The third kappa shape index (κ3) is 5.45. The summed E-state index contributed by atoms with van der Waals surface area (Å²) >= 11 is 1.29. The largest absolute Gasteiger partial charge is 0.497 e. The Balaban J connectivity index is 1.53. The molecule has 1 amide bonds. The molecular weight excluding hydrogens is 436 g/mol. The highest BCUT2D eigenvalue weighted by molar-refractivity contribution is 7.99. The van der Waals surface area contributed by atoms with Gasteiger partial charge in [0.2, 0.25) is 0 Å². The second-order valence-corrected chi connectivity index (χ2v) is 7.90. The second kappa shape index (κ2) is 10.6. The number of benzene rings is 2. The number of rotatable bonds is 8. The Labute approximate surface area is 195 Å². The first-order chi connectivity index (χ1) is 16.2. The molecule has 1 N–H and O–H groups in total. The normalized spacial score (nSPS) is 11.3. The summed E-state index contributed by atoms with van der Waals surface area (Å²) in [7, 11) is 1.63. The van der Waals surface area contributed by atoms with Crippen molar-refractivity contribution in [2.24, 2.45) is 5.10 Å². The summed E-state index contributed by atoms with van der Waals surface area (Å²) < 4.78 is 7.20. The smallest absolute Gasteiger partial charge is 0.250 e. The van der Waals surface area contributed by atoms with E-state index < -0.39 is 0 Å². The number of carbonyl (C=O) groups excluding carboxylic acids is 1. The van der Waals surface area contributed by atoms with Crippen LogP contribution < -0.4 is 10.2 Å². The van der Waals surface area contributed by atoms with Gasteiger partial charge < -0.3 is 4.74 Å². The fraction of sp³-hybridized carbons (Fsp3) is 0.125. The Morgan fingerprint density at radius 2 is 1.76 bits per heavy atom. The summed E-state index contributed by atoms with van der Waals surface area (Å²) in [5.74, 6) is 1.34. The van der Waals surface area contributed by atoms with Crippen LogP contribution in [-0.4, -0.2) is 44.2 Å². The molecule has 0 fully saturated rings. The van der Waals surface area contributed by atoms with Gasteiger partial charge in [-0.2, -0.15) is 5.10 Å². The predicted molar refractivity (Wildman–Crippen MR) is 129 cm³/mol. The van der Waals surface area contributed by atoms with Crippen LogP contribution >= 0.6 is 11.8 Å². The molecule has 2 aromatic carbocycles. The van der Waals surface area contributed by atoms with Gasteiger partial charge in [0.25, 0.3) is 5.91 Å². The second-order valence-electron chi connectivity index (χ2n) is 6.96. The number of aromatic nitrogens is 4. The molecule has 0 aliphatic rings. The lowest BCUT2D eigenvalue weighted by Gasteiger charge is -2.11. The lowest BCUT2D eigenvalue weighted by Crippen LogP contribution is -2.21. The highest BCUT2D eigenvalue weighted by atomic mass is 32.2. The summed E-state index contributed by atoms with van der Waals surface area (Å²) in [4.78, 5) is 16.4. The van der Waals surface area contributed by atoms with E-state index in [0.29, 0.717) is 16.7 Å². The van der Waals surface area contributed by atoms with Gasteiger partial charge in [0.05, 0.1) is 18.6 Å². The average molecular weight is 459 g/mol. The minimum absolute atomic E-state index is 0.135. The standard InChI is InChI=1S/C24H22N6O2S/c1-17(18-12-14-25-15-13-18)26-27-22(31)16-33-24-29-28-23(19-6-4-3-5-7-19)30(24)20-8-10-21(32-2)11-9-20/h3-15H,16H2,1-2H3,(H,27,31). The molecule has 166 valence electrons. The van der Waals surface area contributed by atoms with Crippen LogP contribution in [0.25, 0.3) is 17.1 Å². The van der Waals surface area contributed by atoms with Crippen molar-refractivity contribution in [3.63, 3.8) is 0 Å². The highest BCUT2D eigenvalue weighted by Crippen LogP contribution is 2.28. The van der Waals surface area contributed by atoms with Crippen LogP contribution in [0.1, 0.15) is 12.5 Å². The minimum Gasteiger partial charge on any atom is -0.497 e. The number of amides is 1. The van der Waals surface area contributed by atoms with Crippen molar-refractivity contribution < 1.29 is 9.53 Å². The molecule has 0 bridgehead atoms. The van der Waals surface area contributed by atoms with Crippen molar-refractivity contribution in [2.75, 3.05) is 12.9 Å². The molecule has 0 spiro atoms. The molecule has 0 atom stereocenters. The third-order valence-corrected chi connectivity index (χ3v) is 5.70. The van der Waals surface area contributed by atoms with E-state index in [1.54, 1.807) is 19.5 Å². The van der Waals surface area contributed by atoms with Crippen LogP contribution in [0.2, 0.25) is 0 Å². The highest BCUT2D eigenvalue weighted by Gasteiger charge is 2.17. The van der Waals surface area contributed by atoms with Gasteiger partial charge in [-0.25, -0.2) is 5.43 Å². The molecule has 0 saturated heterocycles. The van der Waals surface area contributed by atoms with E-state index in [4.69, 9.17) is 4.74 Å². The zero-order valence-electron chi connectivity index (χ0n) is 18.2. The van der Waals surface area contributed by atoms with E-state index in [1.165, 1.54) is 11.8 Å². The molecule has 4 rings (SSSR count). The maximum atomic E-state index is 12.4. The fourth-order valence-corrected chi connectivity index (χ4v) is 3.81. The maximum absolute atomic E-state index is 12.4. The van der Waals surface area contributed by atoms with Crippen molar-refractivity contribution >= 4 is 23.4 Å². The number of nitrogens with zero attached hydrogens (tertiary/aromatic N) is 5. The Kier molecular flexibility index (Phi) is 7.11. The van der Waals surface area contributed by atoms with E-state index in [1.807, 2.05) is 78.2 Å². The molecule has 0 aliphatic heterocycles. The lowest BCUT2D eigenvalue weighted by atomic mass is 10.2. The summed E-state index contributed by atoms with van der Waals surface area (Å²) in [5.41, 5.74) is 5.98. The van der Waals surface area contributed by atoms with Gasteiger partial charge in [0.1, 0.15) is 5.75 Å². The summed E-state index contributed by atoms with van der Waals surface area (Å²) in [6.45, 7) is 1.83. The molecule has 9 heteroatoms. The number of thioether (sulfide) groups is 1. The average Bonchev–Trinajstić information content (AvgIpc) is 3.31. The van der Waals surface area contributed by atoms with E-state index >= 15 is 0 Å². The molecule has 0 radical (unpaired) electrons. The summed E-state index contributed by atoms with van der Waals surface area (Å²) in [6.07, 6.45) is 3.37. The van der Waals surface area contributed by atoms with Gasteiger partial charge in [0, 0.05) is 29.2 Å². The number of nitrogens with one attached hydrogen (secondary N) is 1. The molecule has 0 aliphatic carbocycles. The zero-order valence-corrected chi connectivity index (χ0v) is 19.0. The zero-order chi connectivity index (χ0) is 23.0. The topological polar surface area (TPSA) is 94.3 Å². The number of pyridine rings is 1. The molecule has 2 aromatic heterocycles. The first-order valence-electron chi connectivity index (χ1n) is 10.2. The number of carbonyl (C=O) groups is 1. The molecule has 0 unspecified atom stereocenters. The number of hydrogen-bond donors (Lipinski definition) is 1. The monoisotopic (exact) mass is 458 g/mol. The molecule has 8 nitrogen and oxygen atoms in total. The van der Waals surface area contributed by atoms with E-state index in [-0.39, 0.29) is 11.7 Å². The SMILES string of the molecule is COc1ccc(-n2c(SCC(=O)NN=C(C)c3ccncc3)nnc2-c2ccccc2)cc1. The van der Waals surface area contributed by atoms with Crippen molar-refractivity contribution in [3.8, 4) is 22.8 Å². The summed E-state index contributed by atoms with van der Waals surface area (Å²) in [5, 5.41) is 13.5. The van der Waals surface area contributed by atoms with Crippen LogP contribution in [0, 0.1) is 0 Å². The minimum atomic E-state index is -0.237. The molecular formula is C24H22N6O2S. The van der Waals surface area contributed by atoms with Gasteiger partial charge in [0.15, 0.2) is 11.0 Å².